The number of carbonyl (C=O) groups excluding carboxylic acids is 1. The van der Waals surface area contributed by atoms with Crippen LogP contribution in [0.25, 0.3) is 0 Å². The number of hydrogen-bond donors (Lipinski definition) is 2. The summed E-state index contributed by atoms with van der Waals surface area (Å²) in [4.78, 5) is 15.0. The van der Waals surface area contributed by atoms with Gasteiger partial charge in [0.15, 0.2) is 5.60 Å². The summed E-state index contributed by atoms with van der Waals surface area (Å²) in [6.07, 6.45) is 4.06. The molecular formula is C18H24N2O2. The van der Waals surface area contributed by atoms with Crippen molar-refractivity contribution in [1.82, 2.24) is 4.90 Å². The molecule has 0 bridgehead atoms. The maximum atomic E-state index is 13.2. The lowest BCUT2D eigenvalue weighted by Gasteiger charge is -2.37. The molecule has 1 amide bonds. The van der Waals surface area contributed by atoms with Crippen LogP contribution < -0.4 is 5.73 Å². The Labute approximate surface area is 131 Å². The van der Waals surface area contributed by atoms with Gasteiger partial charge in [-0.15, -0.1) is 0 Å². The summed E-state index contributed by atoms with van der Waals surface area (Å²) >= 11 is 0. The van der Waals surface area contributed by atoms with Crippen LogP contribution in [0.3, 0.4) is 0 Å². The van der Waals surface area contributed by atoms with Crippen LogP contribution >= 0.6 is 0 Å². The van der Waals surface area contributed by atoms with E-state index in [9.17, 15) is 9.90 Å². The molecule has 2 aliphatic carbocycles. The molecule has 4 nitrogen and oxygen atoms in total. The number of nitrogens with zero attached hydrogens (tertiary/aromatic N) is 1. The molecule has 3 unspecified atom stereocenters. The first-order valence-corrected chi connectivity index (χ1v) is 8.45. The number of nitrogens with two attached hydrogens (primary N) is 1. The summed E-state index contributed by atoms with van der Waals surface area (Å²) < 4.78 is 0. The maximum absolute atomic E-state index is 13.2. The second kappa shape index (κ2) is 5.07. The molecule has 0 aromatic heterocycles. The van der Waals surface area contributed by atoms with E-state index in [1.165, 1.54) is 0 Å². The zero-order valence-corrected chi connectivity index (χ0v) is 12.8. The Balaban J connectivity index is 1.64. The third-order valence-corrected chi connectivity index (χ3v) is 6.03. The monoisotopic (exact) mass is 300 g/mol. The topological polar surface area (TPSA) is 66.6 Å². The summed E-state index contributed by atoms with van der Waals surface area (Å²) in [6, 6.07) is 9.77. The van der Waals surface area contributed by atoms with Crippen molar-refractivity contribution in [2.24, 2.45) is 23.5 Å². The lowest BCUT2D eigenvalue weighted by atomic mass is 9.79. The van der Waals surface area contributed by atoms with Crippen LogP contribution in [0.5, 0.6) is 0 Å². The maximum Gasteiger partial charge on any atom is 0.259 e. The van der Waals surface area contributed by atoms with E-state index >= 15 is 0 Å². The van der Waals surface area contributed by atoms with Gasteiger partial charge in [-0.1, -0.05) is 43.2 Å². The SMILES string of the molecule is NC1C2CN(C(=O)C(O)(c3ccccc3)C3CCCC3)CC12. The molecule has 2 saturated carbocycles. The van der Waals surface area contributed by atoms with Crippen LogP contribution in [0.2, 0.25) is 0 Å². The van der Waals surface area contributed by atoms with Gasteiger partial charge in [-0.2, -0.15) is 0 Å². The summed E-state index contributed by atoms with van der Waals surface area (Å²) in [5, 5.41) is 11.5. The Morgan fingerprint density at radius 1 is 1.14 bits per heavy atom. The lowest BCUT2D eigenvalue weighted by molar-refractivity contribution is -0.158. The third kappa shape index (κ3) is 2.01. The summed E-state index contributed by atoms with van der Waals surface area (Å²) in [5.74, 6) is 0.832. The average Bonchev–Trinajstić information content (AvgIpc) is 3.06. The van der Waals surface area contributed by atoms with Gasteiger partial charge in [0.2, 0.25) is 0 Å². The number of benzene rings is 1. The fourth-order valence-corrected chi connectivity index (χ4v) is 4.55. The number of fused-ring (bicyclic) bond motifs is 1. The molecule has 22 heavy (non-hydrogen) atoms. The van der Waals surface area contributed by atoms with Crippen LogP contribution in [-0.2, 0) is 10.4 Å². The van der Waals surface area contributed by atoms with Crippen molar-refractivity contribution >= 4 is 5.91 Å². The Morgan fingerprint density at radius 2 is 1.73 bits per heavy atom. The molecule has 118 valence electrons. The molecule has 1 aliphatic heterocycles. The van der Waals surface area contributed by atoms with E-state index in [0.29, 0.717) is 24.9 Å². The highest BCUT2D eigenvalue weighted by Gasteiger charge is 2.58. The zero-order valence-electron chi connectivity index (χ0n) is 12.8. The molecule has 3 N–H and O–H groups in total. The lowest BCUT2D eigenvalue weighted by Crippen LogP contribution is -2.51. The Morgan fingerprint density at radius 3 is 2.32 bits per heavy atom. The number of piperidine rings is 1. The Kier molecular flexibility index (Phi) is 3.27. The molecule has 0 spiro atoms. The fourth-order valence-electron chi connectivity index (χ4n) is 4.55. The van der Waals surface area contributed by atoms with Gasteiger partial charge in [0.05, 0.1) is 0 Å². The van der Waals surface area contributed by atoms with E-state index in [1.54, 1.807) is 0 Å². The molecule has 1 aromatic carbocycles. The van der Waals surface area contributed by atoms with Gasteiger partial charge >= 0.3 is 0 Å². The van der Waals surface area contributed by atoms with Crippen LogP contribution in [0.15, 0.2) is 30.3 Å². The van der Waals surface area contributed by atoms with Gasteiger partial charge in [0.25, 0.3) is 5.91 Å². The predicted octanol–water partition coefficient (Wildman–Crippen LogP) is 1.48. The molecule has 3 fully saturated rings. The van der Waals surface area contributed by atoms with Crippen molar-refractivity contribution in [3.8, 4) is 0 Å². The van der Waals surface area contributed by atoms with E-state index in [-0.39, 0.29) is 17.9 Å². The van der Waals surface area contributed by atoms with Crippen LogP contribution in [-0.4, -0.2) is 35.0 Å². The minimum absolute atomic E-state index is 0.0352. The second-order valence-electron chi connectivity index (χ2n) is 7.23. The smallest absolute Gasteiger partial charge is 0.259 e. The first-order chi connectivity index (χ1) is 10.6. The Bertz CT molecular complexity index is 558. The quantitative estimate of drug-likeness (QED) is 0.888. The van der Waals surface area contributed by atoms with Crippen LogP contribution in [0.1, 0.15) is 31.2 Å². The van der Waals surface area contributed by atoms with Gasteiger partial charge in [-0.05, 0) is 30.2 Å². The van der Waals surface area contributed by atoms with Gasteiger partial charge < -0.3 is 15.7 Å². The number of hydrogen-bond acceptors (Lipinski definition) is 3. The highest BCUT2D eigenvalue weighted by molar-refractivity contribution is 5.87. The zero-order chi connectivity index (χ0) is 15.3. The molecular weight excluding hydrogens is 276 g/mol. The Hall–Kier alpha value is -1.39. The fraction of sp³-hybridized carbons (Fsp3) is 0.611. The predicted molar refractivity (Wildman–Crippen MR) is 83.8 cm³/mol. The molecule has 1 heterocycles. The van der Waals surface area contributed by atoms with E-state index in [1.807, 2.05) is 35.2 Å². The third-order valence-electron chi connectivity index (χ3n) is 6.03. The van der Waals surface area contributed by atoms with Crippen molar-refractivity contribution in [1.29, 1.82) is 0 Å². The minimum atomic E-state index is -1.36. The molecule has 1 saturated heterocycles. The van der Waals surface area contributed by atoms with E-state index in [2.05, 4.69) is 0 Å². The number of likely N-dealkylation sites (tertiary alicyclic amines) is 1. The van der Waals surface area contributed by atoms with Gasteiger partial charge in [0, 0.05) is 25.0 Å². The average molecular weight is 300 g/mol. The molecule has 0 radical (unpaired) electrons. The highest BCUT2D eigenvalue weighted by Crippen LogP contribution is 2.47. The molecule has 3 aliphatic rings. The number of carbonyl (C=O) groups is 1. The summed E-state index contributed by atoms with van der Waals surface area (Å²) in [6.45, 7) is 1.43. The molecule has 4 heteroatoms. The number of amides is 1. The van der Waals surface area contributed by atoms with Crippen molar-refractivity contribution < 1.29 is 9.90 Å². The van der Waals surface area contributed by atoms with Crippen molar-refractivity contribution in [3.05, 3.63) is 35.9 Å². The van der Waals surface area contributed by atoms with E-state index < -0.39 is 5.60 Å². The normalized spacial score (nSPS) is 33.5. The number of rotatable bonds is 3. The van der Waals surface area contributed by atoms with Gasteiger partial charge in [-0.3, -0.25) is 4.79 Å². The van der Waals surface area contributed by atoms with E-state index in [0.717, 1.165) is 31.2 Å². The van der Waals surface area contributed by atoms with Crippen molar-refractivity contribution in [2.75, 3.05) is 13.1 Å². The standard InChI is InChI=1S/C18H24N2O2/c19-16-14-10-20(11-15(14)16)17(21)18(22,13-8-4-5-9-13)12-6-2-1-3-7-12/h1-3,6-7,13-16,22H,4-5,8-11,19H2. The highest BCUT2D eigenvalue weighted by atomic mass is 16.3. The molecule has 4 rings (SSSR count). The minimum Gasteiger partial charge on any atom is -0.375 e. The van der Waals surface area contributed by atoms with Gasteiger partial charge in [-0.25, -0.2) is 0 Å². The van der Waals surface area contributed by atoms with Gasteiger partial charge in [0.1, 0.15) is 0 Å². The van der Waals surface area contributed by atoms with Crippen molar-refractivity contribution in [3.63, 3.8) is 0 Å². The molecule has 3 atom stereocenters. The largest absolute Gasteiger partial charge is 0.375 e. The van der Waals surface area contributed by atoms with Crippen LogP contribution in [0.4, 0.5) is 0 Å². The summed E-state index contributed by atoms with van der Waals surface area (Å²) in [5.41, 5.74) is 5.36. The first-order valence-electron chi connectivity index (χ1n) is 8.45. The molecule has 1 aromatic rings. The second-order valence-corrected chi connectivity index (χ2v) is 7.23. The van der Waals surface area contributed by atoms with Crippen LogP contribution in [0, 0.1) is 17.8 Å². The first kappa shape index (κ1) is 14.2. The summed E-state index contributed by atoms with van der Waals surface area (Å²) in [7, 11) is 0. The number of aliphatic hydroxyl groups is 1. The van der Waals surface area contributed by atoms with E-state index in [4.69, 9.17) is 5.73 Å². The van der Waals surface area contributed by atoms with Crippen molar-refractivity contribution in [2.45, 2.75) is 37.3 Å².